The van der Waals surface area contributed by atoms with Crippen LogP contribution in [-0.2, 0) is 9.59 Å². The van der Waals surface area contributed by atoms with Gasteiger partial charge >= 0.3 is 0 Å². The molecule has 1 fully saturated rings. The van der Waals surface area contributed by atoms with Gasteiger partial charge in [-0.25, -0.2) is 4.99 Å². The van der Waals surface area contributed by atoms with Gasteiger partial charge in [-0.05, 0) is 109 Å². The van der Waals surface area contributed by atoms with E-state index in [0.29, 0.717) is 48.0 Å². The quantitative estimate of drug-likeness (QED) is 0.209. The van der Waals surface area contributed by atoms with Gasteiger partial charge in [0.25, 0.3) is 11.8 Å². The Morgan fingerprint density at radius 2 is 1.66 bits per heavy atom. The molecule has 4 aromatic carbocycles. The first-order chi connectivity index (χ1) is 19.7. The summed E-state index contributed by atoms with van der Waals surface area (Å²) >= 11 is 19.5. The van der Waals surface area contributed by atoms with Gasteiger partial charge < -0.3 is 10.1 Å². The molecule has 10 heteroatoms. The molecule has 0 aromatic heterocycles. The molecular weight excluding hydrogens is 601 g/mol. The van der Waals surface area contributed by atoms with Crippen LogP contribution in [0.2, 0.25) is 15.1 Å². The van der Waals surface area contributed by atoms with Crippen molar-refractivity contribution >= 4 is 86.7 Å². The monoisotopic (exact) mass is 621 g/mol. The minimum Gasteiger partial charge on any atom is -0.484 e. The highest BCUT2D eigenvalue weighted by Crippen LogP contribution is 2.38. The maximum absolute atomic E-state index is 13.6. The van der Waals surface area contributed by atoms with Crippen LogP contribution in [0.5, 0.6) is 5.75 Å². The molecule has 0 radical (unpaired) electrons. The van der Waals surface area contributed by atoms with Gasteiger partial charge in [-0.2, -0.15) is 0 Å². The van der Waals surface area contributed by atoms with Crippen molar-refractivity contribution in [3.05, 3.63) is 122 Å². The van der Waals surface area contributed by atoms with Crippen molar-refractivity contribution in [3.8, 4) is 5.75 Å². The number of amides is 2. The molecule has 1 aliphatic heterocycles. The second-order valence-electron chi connectivity index (χ2n) is 8.97. The highest BCUT2D eigenvalue weighted by atomic mass is 35.5. The number of aryl methyl sites for hydroxylation is 1. The first-order valence-corrected chi connectivity index (χ1v) is 14.3. The topological polar surface area (TPSA) is 71.0 Å². The van der Waals surface area contributed by atoms with E-state index in [1.807, 2.05) is 19.1 Å². The van der Waals surface area contributed by atoms with E-state index in [1.165, 1.54) is 11.8 Å². The molecule has 0 spiro atoms. The van der Waals surface area contributed by atoms with Crippen molar-refractivity contribution in [1.82, 2.24) is 0 Å². The average molecular weight is 623 g/mol. The lowest BCUT2D eigenvalue weighted by Gasteiger charge is -2.15. The van der Waals surface area contributed by atoms with Crippen LogP contribution in [0.3, 0.4) is 0 Å². The molecule has 0 atom stereocenters. The molecule has 5 rings (SSSR count). The smallest absolute Gasteiger partial charge is 0.271 e. The first-order valence-electron chi connectivity index (χ1n) is 12.4. The Morgan fingerprint density at radius 1 is 0.951 bits per heavy atom. The molecule has 6 nitrogen and oxygen atoms in total. The SMILES string of the molecule is Cc1ccc(NC(=O)COc2cccc(/C=C3\SC(=Nc4ccc(Cl)cc4)N(c4ccc(Cl)cc4)C3=O)c2)cc1Cl. The summed E-state index contributed by atoms with van der Waals surface area (Å²) in [7, 11) is 0. The summed E-state index contributed by atoms with van der Waals surface area (Å²) in [5, 5.41) is 4.99. The van der Waals surface area contributed by atoms with Gasteiger partial charge in [-0.15, -0.1) is 0 Å². The largest absolute Gasteiger partial charge is 0.484 e. The second-order valence-corrected chi connectivity index (χ2v) is 11.3. The van der Waals surface area contributed by atoms with Crippen LogP contribution in [-0.4, -0.2) is 23.6 Å². The lowest BCUT2D eigenvalue weighted by molar-refractivity contribution is -0.118. The molecule has 2 amide bonds. The number of thioether (sulfide) groups is 1. The molecule has 1 N–H and O–H groups in total. The van der Waals surface area contributed by atoms with Crippen LogP contribution in [0.25, 0.3) is 6.08 Å². The van der Waals surface area contributed by atoms with Crippen LogP contribution >= 0.6 is 46.6 Å². The Kier molecular flexibility index (Phi) is 9.00. The Balaban J connectivity index is 1.34. The number of carbonyl (C=O) groups excluding carboxylic acids is 2. The van der Waals surface area contributed by atoms with Gasteiger partial charge in [-0.3, -0.25) is 14.5 Å². The molecule has 4 aromatic rings. The van der Waals surface area contributed by atoms with E-state index in [9.17, 15) is 9.59 Å². The summed E-state index contributed by atoms with van der Waals surface area (Å²) in [6.07, 6.45) is 1.77. The Hall–Kier alpha value is -3.75. The van der Waals surface area contributed by atoms with Gasteiger partial charge in [0.05, 0.1) is 16.3 Å². The highest BCUT2D eigenvalue weighted by Gasteiger charge is 2.34. The molecule has 0 unspecified atom stereocenters. The molecule has 1 heterocycles. The summed E-state index contributed by atoms with van der Waals surface area (Å²) < 4.78 is 5.71. The summed E-state index contributed by atoms with van der Waals surface area (Å²) in [4.78, 5) is 32.7. The third-order valence-electron chi connectivity index (χ3n) is 5.92. The number of anilines is 2. The van der Waals surface area contributed by atoms with Crippen LogP contribution in [0.4, 0.5) is 17.1 Å². The van der Waals surface area contributed by atoms with E-state index in [1.54, 1.807) is 89.8 Å². The fourth-order valence-corrected chi connectivity index (χ4v) is 5.29. The third kappa shape index (κ3) is 7.31. The highest BCUT2D eigenvalue weighted by molar-refractivity contribution is 8.19. The lowest BCUT2D eigenvalue weighted by atomic mass is 10.2. The summed E-state index contributed by atoms with van der Waals surface area (Å²) in [5.74, 6) is -0.0687. The van der Waals surface area contributed by atoms with E-state index in [-0.39, 0.29) is 18.4 Å². The number of rotatable bonds is 7. The van der Waals surface area contributed by atoms with Crippen molar-refractivity contribution in [2.24, 2.45) is 4.99 Å². The van der Waals surface area contributed by atoms with E-state index in [0.717, 1.165) is 11.1 Å². The van der Waals surface area contributed by atoms with Crippen molar-refractivity contribution in [2.75, 3.05) is 16.8 Å². The van der Waals surface area contributed by atoms with E-state index in [4.69, 9.17) is 44.5 Å². The Morgan fingerprint density at radius 3 is 2.37 bits per heavy atom. The van der Waals surface area contributed by atoms with Crippen LogP contribution in [0, 0.1) is 6.92 Å². The first kappa shape index (κ1) is 28.8. The number of amidine groups is 1. The van der Waals surface area contributed by atoms with Crippen LogP contribution in [0.15, 0.2) is 101 Å². The summed E-state index contributed by atoms with van der Waals surface area (Å²) in [6.45, 7) is 1.70. The number of nitrogens with one attached hydrogen (secondary N) is 1. The maximum atomic E-state index is 13.6. The Labute approximate surface area is 256 Å². The fourth-order valence-electron chi connectivity index (χ4n) is 3.85. The van der Waals surface area contributed by atoms with Gasteiger partial charge in [0.1, 0.15) is 5.75 Å². The number of hydrogen-bond donors (Lipinski definition) is 1. The fraction of sp³-hybridized carbons (Fsp3) is 0.0645. The van der Waals surface area contributed by atoms with Gasteiger partial charge in [0.15, 0.2) is 11.8 Å². The van der Waals surface area contributed by atoms with Crippen molar-refractivity contribution in [1.29, 1.82) is 0 Å². The zero-order valence-corrected chi connectivity index (χ0v) is 24.7. The van der Waals surface area contributed by atoms with Crippen molar-refractivity contribution in [3.63, 3.8) is 0 Å². The molecule has 1 aliphatic rings. The van der Waals surface area contributed by atoms with Gasteiger partial charge in [-0.1, -0.05) is 53.0 Å². The second kappa shape index (κ2) is 12.8. The minimum absolute atomic E-state index is 0.193. The molecule has 206 valence electrons. The van der Waals surface area contributed by atoms with E-state index >= 15 is 0 Å². The average Bonchev–Trinajstić information content (AvgIpc) is 3.25. The number of halogens is 3. The normalized spacial score (nSPS) is 15.0. The van der Waals surface area contributed by atoms with Crippen molar-refractivity contribution < 1.29 is 14.3 Å². The molecular formula is C31H22Cl3N3O3S. The van der Waals surface area contributed by atoms with Crippen LogP contribution in [0.1, 0.15) is 11.1 Å². The third-order valence-corrected chi connectivity index (χ3v) is 7.80. The summed E-state index contributed by atoms with van der Waals surface area (Å²) in [6, 6.07) is 26.5. The number of carbonyl (C=O) groups is 2. The van der Waals surface area contributed by atoms with E-state index in [2.05, 4.69) is 5.32 Å². The predicted molar refractivity (Wildman–Crippen MR) is 170 cm³/mol. The summed E-state index contributed by atoms with van der Waals surface area (Å²) in [5.41, 5.74) is 3.54. The van der Waals surface area contributed by atoms with Gasteiger partial charge in [0.2, 0.25) is 0 Å². The molecule has 0 aliphatic carbocycles. The number of ether oxygens (including phenoxy) is 1. The Bertz CT molecular complexity index is 1670. The van der Waals surface area contributed by atoms with Crippen molar-refractivity contribution in [2.45, 2.75) is 6.92 Å². The standard InChI is InChI=1S/C31H22Cl3N3O3S/c1-19-5-10-24(17-27(19)34)35-29(38)18-40-26-4-2-3-20(15-26)16-28-30(39)37(25-13-8-22(33)9-14-25)31(41-28)36-23-11-6-21(32)7-12-23/h2-17H,18H2,1H3,(H,35,38)/b28-16-,36-31?. The number of nitrogens with zero attached hydrogens (tertiary/aromatic N) is 2. The zero-order valence-electron chi connectivity index (χ0n) is 21.6. The minimum atomic E-state index is -0.322. The predicted octanol–water partition coefficient (Wildman–Crippen LogP) is 8.78. The maximum Gasteiger partial charge on any atom is 0.271 e. The lowest BCUT2D eigenvalue weighted by Crippen LogP contribution is -2.28. The molecule has 0 bridgehead atoms. The van der Waals surface area contributed by atoms with Gasteiger partial charge in [0, 0.05) is 20.8 Å². The van der Waals surface area contributed by atoms with Crippen LogP contribution < -0.4 is 15.0 Å². The van der Waals surface area contributed by atoms with E-state index < -0.39 is 0 Å². The number of benzene rings is 4. The number of hydrogen-bond acceptors (Lipinski definition) is 5. The number of aliphatic imine (C=N–C) groups is 1. The zero-order chi connectivity index (χ0) is 28.9. The molecule has 1 saturated heterocycles. The molecule has 0 saturated carbocycles. The molecule has 41 heavy (non-hydrogen) atoms.